The molecule has 0 unspecified atom stereocenters. The summed E-state index contributed by atoms with van der Waals surface area (Å²) < 4.78 is 5.21. The van der Waals surface area contributed by atoms with Crippen LogP contribution in [0.2, 0.25) is 0 Å². The number of rotatable bonds is 3. The summed E-state index contributed by atoms with van der Waals surface area (Å²) >= 11 is 3.19. The van der Waals surface area contributed by atoms with Gasteiger partial charge in [0, 0.05) is 11.3 Å². The van der Waals surface area contributed by atoms with Crippen LogP contribution in [0.25, 0.3) is 10.8 Å². The maximum Gasteiger partial charge on any atom is 0.270 e. The molecular formula is C11H9N3OS2. The van der Waals surface area contributed by atoms with Crippen LogP contribution in [0, 0.1) is 0 Å². The Morgan fingerprint density at radius 1 is 1.24 bits per heavy atom. The number of thiophene rings is 2. The molecule has 0 radical (unpaired) electrons. The minimum absolute atomic E-state index is 0.504. The number of anilines is 1. The fraction of sp³-hybridized carbons (Fsp3) is 0.0909. The van der Waals surface area contributed by atoms with Gasteiger partial charge in [-0.3, -0.25) is 0 Å². The van der Waals surface area contributed by atoms with Crippen LogP contribution in [-0.2, 0) is 6.42 Å². The summed E-state index contributed by atoms with van der Waals surface area (Å²) in [7, 11) is 0. The van der Waals surface area contributed by atoms with Gasteiger partial charge in [-0.2, -0.15) is 4.98 Å². The molecule has 0 spiro atoms. The molecule has 0 saturated heterocycles. The van der Waals surface area contributed by atoms with Crippen LogP contribution in [0.3, 0.4) is 0 Å². The highest BCUT2D eigenvalue weighted by molar-refractivity contribution is 7.14. The monoisotopic (exact) mass is 263 g/mol. The van der Waals surface area contributed by atoms with Crippen LogP contribution in [-0.4, -0.2) is 10.1 Å². The van der Waals surface area contributed by atoms with E-state index in [9.17, 15) is 0 Å². The molecule has 0 aliphatic heterocycles. The Kier molecular flexibility index (Phi) is 2.66. The third kappa shape index (κ3) is 2.09. The predicted molar refractivity (Wildman–Crippen MR) is 69.1 cm³/mol. The lowest BCUT2D eigenvalue weighted by Gasteiger charge is -1.89. The highest BCUT2D eigenvalue weighted by Crippen LogP contribution is 2.30. The van der Waals surface area contributed by atoms with Crippen molar-refractivity contribution in [2.75, 3.05) is 5.73 Å². The van der Waals surface area contributed by atoms with Crippen molar-refractivity contribution in [2.24, 2.45) is 0 Å². The van der Waals surface area contributed by atoms with Crippen molar-refractivity contribution < 1.29 is 4.52 Å². The van der Waals surface area contributed by atoms with Crippen molar-refractivity contribution in [2.45, 2.75) is 6.42 Å². The molecule has 0 aliphatic carbocycles. The molecule has 3 heterocycles. The van der Waals surface area contributed by atoms with Crippen molar-refractivity contribution in [1.29, 1.82) is 0 Å². The summed E-state index contributed by atoms with van der Waals surface area (Å²) in [5.74, 6) is 1.19. The van der Waals surface area contributed by atoms with E-state index < -0.39 is 0 Å². The van der Waals surface area contributed by atoms with Gasteiger partial charge in [-0.05, 0) is 22.9 Å². The van der Waals surface area contributed by atoms with Crippen LogP contribution < -0.4 is 5.73 Å². The molecule has 6 heteroatoms. The number of nitrogens with two attached hydrogens (primary N) is 1. The Hall–Kier alpha value is -1.66. The summed E-state index contributed by atoms with van der Waals surface area (Å²) in [6.07, 6.45) is 0.701. The molecular weight excluding hydrogens is 254 g/mol. The molecule has 0 fully saturated rings. The Morgan fingerprint density at radius 2 is 2.18 bits per heavy atom. The van der Waals surface area contributed by atoms with Crippen molar-refractivity contribution in [3.05, 3.63) is 39.7 Å². The van der Waals surface area contributed by atoms with E-state index in [-0.39, 0.29) is 0 Å². The molecule has 3 aromatic heterocycles. The lowest BCUT2D eigenvalue weighted by atomic mass is 10.3. The zero-order valence-corrected chi connectivity index (χ0v) is 10.4. The molecule has 0 aromatic carbocycles. The molecule has 3 rings (SSSR count). The van der Waals surface area contributed by atoms with E-state index in [0.29, 0.717) is 23.8 Å². The van der Waals surface area contributed by atoms with E-state index >= 15 is 0 Å². The third-order valence-electron chi connectivity index (χ3n) is 2.27. The number of hydrogen-bond donors (Lipinski definition) is 1. The first-order valence-electron chi connectivity index (χ1n) is 5.01. The Balaban J connectivity index is 1.86. The van der Waals surface area contributed by atoms with Gasteiger partial charge in [-0.1, -0.05) is 11.2 Å². The lowest BCUT2D eigenvalue weighted by Crippen LogP contribution is -1.88. The standard InChI is InChI=1S/C11H9N3OS2/c12-8-3-5-17-10(8)11-13-9(14-15-11)6-7-2-1-4-16-7/h1-5H,6,12H2. The summed E-state index contributed by atoms with van der Waals surface area (Å²) in [5, 5.41) is 7.91. The second-order valence-electron chi connectivity index (χ2n) is 3.48. The van der Waals surface area contributed by atoms with Gasteiger partial charge in [0.05, 0.1) is 5.69 Å². The van der Waals surface area contributed by atoms with E-state index in [0.717, 1.165) is 4.88 Å². The number of nitrogens with zero attached hydrogens (tertiary/aromatic N) is 2. The molecule has 0 bridgehead atoms. The zero-order chi connectivity index (χ0) is 11.7. The second kappa shape index (κ2) is 4.31. The SMILES string of the molecule is Nc1ccsc1-c1nc(Cc2cccs2)no1. The lowest BCUT2D eigenvalue weighted by molar-refractivity contribution is 0.425. The highest BCUT2D eigenvalue weighted by Gasteiger charge is 2.13. The molecule has 0 amide bonds. The molecule has 3 aromatic rings. The van der Waals surface area contributed by atoms with Crippen LogP contribution >= 0.6 is 22.7 Å². The van der Waals surface area contributed by atoms with Gasteiger partial charge in [-0.25, -0.2) is 0 Å². The number of hydrogen-bond acceptors (Lipinski definition) is 6. The van der Waals surface area contributed by atoms with Crippen LogP contribution in [0.1, 0.15) is 10.7 Å². The number of aromatic nitrogens is 2. The van der Waals surface area contributed by atoms with Crippen LogP contribution in [0.15, 0.2) is 33.5 Å². The Labute approximate surface area is 106 Å². The molecule has 0 atom stereocenters. The minimum atomic E-state index is 0.504. The normalized spacial score (nSPS) is 10.8. The van der Waals surface area contributed by atoms with Crippen molar-refractivity contribution in [3.63, 3.8) is 0 Å². The first-order chi connectivity index (χ1) is 8.33. The van der Waals surface area contributed by atoms with Crippen molar-refractivity contribution >= 4 is 28.4 Å². The summed E-state index contributed by atoms with van der Waals surface area (Å²) in [5.41, 5.74) is 6.48. The fourth-order valence-corrected chi connectivity index (χ4v) is 2.92. The summed E-state index contributed by atoms with van der Waals surface area (Å²) in [6.45, 7) is 0. The van der Waals surface area contributed by atoms with E-state index in [2.05, 4.69) is 16.2 Å². The fourth-order valence-electron chi connectivity index (χ4n) is 1.48. The number of nitrogen functional groups attached to an aromatic ring is 1. The average molecular weight is 263 g/mol. The smallest absolute Gasteiger partial charge is 0.270 e. The third-order valence-corrected chi connectivity index (χ3v) is 4.07. The van der Waals surface area contributed by atoms with E-state index in [4.69, 9.17) is 10.3 Å². The van der Waals surface area contributed by atoms with E-state index in [1.54, 1.807) is 11.3 Å². The summed E-state index contributed by atoms with van der Waals surface area (Å²) in [6, 6.07) is 5.90. The van der Waals surface area contributed by atoms with Crippen molar-refractivity contribution in [1.82, 2.24) is 10.1 Å². The van der Waals surface area contributed by atoms with Crippen LogP contribution in [0.4, 0.5) is 5.69 Å². The molecule has 4 nitrogen and oxygen atoms in total. The van der Waals surface area contributed by atoms with Crippen molar-refractivity contribution in [3.8, 4) is 10.8 Å². The topological polar surface area (TPSA) is 64.9 Å². The van der Waals surface area contributed by atoms with Gasteiger partial charge in [0.25, 0.3) is 5.89 Å². The molecule has 0 aliphatic rings. The molecule has 0 saturated carbocycles. The quantitative estimate of drug-likeness (QED) is 0.788. The van der Waals surface area contributed by atoms with Gasteiger partial charge in [-0.15, -0.1) is 22.7 Å². The highest BCUT2D eigenvalue weighted by atomic mass is 32.1. The first kappa shape index (κ1) is 10.5. The second-order valence-corrected chi connectivity index (χ2v) is 5.43. The van der Waals surface area contributed by atoms with Gasteiger partial charge in [0.1, 0.15) is 4.88 Å². The molecule has 17 heavy (non-hydrogen) atoms. The maximum absolute atomic E-state index is 5.80. The van der Waals surface area contributed by atoms with Crippen LogP contribution in [0.5, 0.6) is 0 Å². The summed E-state index contributed by atoms with van der Waals surface area (Å²) in [4.78, 5) is 6.41. The van der Waals surface area contributed by atoms with E-state index in [1.165, 1.54) is 16.2 Å². The largest absolute Gasteiger partial charge is 0.397 e. The molecule has 86 valence electrons. The molecule has 2 N–H and O–H groups in total. The van der Waals surface area contributed by atoms with Gasteiger partial charge < -0.3 is 10.3 Å². The Bertz CT molecular complexity index is 612. The van der Waals surface area contributed by atoms with Gasteiger partial charge in [0.2, 0.25) is 0 Å². The minimum Gasteiger partial charge on any atom is -0.397 e. The maximum atomic E-state index is 5.80. The van der Waals surface area contributed by atoms with Gasteiger partial charge in [0.15, 0.2) is 5.82 Å². The van der Waals surface area contributed by atoms with E-state index in [1.807, 2.05) is 22.9 Å². The van der Waals surface area contributed by atoms with Gasteiger partial charge >= 0.3 is 0 Å². The predicted octanol–water partition coefficient (Wildman–Crippen LogP) is 3.03. The Morgan fingerprint density at radius 3 is 2.88 bits per heavy atom. The average Bonchev–Trinajstić information content (AvgIpc) is 3.00. The zero-order valence-electron chi connectivity index (χ0n) is 8.79. The first-order valence-corrected chi connectivity index (χ1v) is 6.77.